The normalized spacial score (nSPS) is 18.9. The highest BCUT2D eigenvalue weighted by Crippen LogP contribution is 2.43. The Hall–Kier alpha value is -4.46. The molecule has 0 saturated carbocycles. The monoisotopic (exact) mass is 572 g/mol. The summed E-state index contributed by atoms with van der Waals surface area (Å²) in [5.74, 6) is 0.310. The van der Waals surface area contributed by atoms with Crippen LogP contribution in [0.4, 0.5) is 41.0 Å². The highest BCUT2D eigenvalue weighted by atomic mass is 19.4. The number of carbonyl (C=O) groups excluding carboxylic acids is 1. The molecule has 41 heavy (non-hydrogen) atoms. The molecule has 1 aromatic heterocycles. The molecule has 0 bridgehead atoms. The van der Waals surface area contributed by atoms with Crippen LogP contribution in [0.3, 0.4) is 0 Å². The van der Waals surface area contributed by atoms with Gasteiger partial charge in [0.1, 0.15) is 5.75 Å². The summed E-state index contributed by atoms with van der Waals surface area (Å²) in [6, 6.07) is 7.11. The van der Waals surface area contributed by atoms with E-state index in [9.17, 15) is 28.1 Å². The van der Waals surface area contributed by atoms with Crippen molar-refractivity contribution >= 4 is 29.1 Å². The van der Waals surface area contributed by atoms with E-state index in [4.69, 9.17) is 9.47 Å². The van der Waals surface area contributed by atoms with Crippen molar-refractivity contribution in [2.45, 2.75) is 38.0 Å². The molecule has 0 aliphatic carbocycles. The number of carbonyl (C=O) groups is 1. The maximum atomic E-state index is 13.7. The number of ether oxygens (including phenoxy) is 2. The number of alkyl halides is 3. The topological polar surface area (TPSA) is 123 Å². The van der Waals surface area contributed by atoms with E-state index in [-0.39, 0.29) is 35.1 Å². The number of nitro benzene ring substituents is 1. The highest BCUT2D eigenvalue weighted by molar-refractivity contribution is 5.92. The van der Waals surface area contributed by atoms with Crippen molar-refractivity contribution in [3.8, 4) is 5.75 Å². The van der Waals surface area contributed by atoms with Gasteiger partial charge in [-0.3, -0.25) is 15.0 Å². The number of nitrogens with zero attached hydrogens (tertiary/aromatic N) is 5. The van der Waals surface area contributed by atoms with Crippen LogP contribution in [0.5, 0.6) is 5.75 Å². The fourth-order valence-electron chi connectivity index (χ4n) is 4.99. The lowest BCUT2D eigenvalue weighted by Crippen LogP contribution is -2.47. The fourth-order valence-corrected chi connectivity index (χ4v) is 4.99. The van der Waals surface area contributed by atoms with Crippen molar-refractivity contribution in [2.24, 2.45) is 0 Å². The van der Waals surface area contributed by atoms with Gasteiger partial charge in [0, 0.05) is 31.3 Å². The number of hydrogen-bond acceptors (Lipinski definition) is 9. The first kappa shape index (κ1) is 28.1. The molecule has 2 atom stereocenters. The molecule has 1 fully saturated rings. The van der Waals surface area contributed by atoms with Gasteiger partial charge in [0.2, 0.25) is 5.95 Å². The van der Waals surface area contributed by atoms with Gasteiger partial charge >= 0.3 is 12.3 Å². The van der Waals surface area contributed by atoms with Crippen LogP contribution in [0, 0.1) is 10.1 Å². The number of halogens is 3. The molecular weight excluding hydrogens is 545 g/mol. The largest absolute Gasteiger partial charge is 0.420 e. The van der Waals surface area contributed by atoms with Crippen LogP contribution in [-0.4, -0.2) is 53.3 Å². The Labute approximate surface area is 233 Å². The smallest absolute Gasteiger partial charge is 0.410 e. The number of morpholine rings is 1. The Morgan fingerprint density at radius 2 is 1.83 bits per heavy atom. The van der Waals surface area contributed by atoms with Crippen LogP contribution in [-0.2, 0) is 10.9 Å². The van der Waals surface area contributed by atoms with Crippen molar-refractivity contribution in [2.75, 3.05) is 41.4 Å². The van der Waals surface area contributed by atoms with Crippen LogP contribution in [0.25, 0.3) is 0 Å². The first-order valence-electron chi connectivity index (χ1n) is 13.0. The summed E-state index contributed by atoms with van der Waals surface area (Å²) in [5, 5.41) is 14.1. The molecule has 3 heterocycles. The molecule has 216 valence electrons. The van der Waals surface area contributed by atoms with E-state index in [1.807, 2.05) is 6.92 Å². The van der Waals surface area contributed by atoms with Crippen LogP contribution < -0.4 is 19.9 Å². The van der Waals surface area contributed by atoms with Crippen LogP contribution in [0.2, 0.25) is 0 Å². The van der Waals surface area contributed by atoms with Gasteiger partial charge in [0.15, 0.2) is 0 Å². The predicted octanol–water partition coefficient (Wildman–Crippen LogP) is 5.58. The number of rotatable bonds is 6. The van der Waals surface area contributed by atoms with Crippen molar-refractivity contribution in [3.05, 3.63) is 76.1 Å². The number of benzene rings is 2. The Morgan fingerprint density at radius 1 is 1.15 bits per heavy atom. The second-order valence-corrected chi connectivity index (χ2v) is 9.62. The van der Waals surface area contributed by atoms with Crippen molar-refractivity contribution in [3.63, 3.8) is 0 Å². The summed E-state index contributed by atoms with van der Waals surface area (Å²) in [7, 11) is 0. The third-order valence-corrected chi connectivity index (χ3v) is 7.10. The molecule has 2 aromatic carbocycles. The number of nitrogens with one attached hydrogen (secondary N) is 1. The van der Waals surface area contributed by atoms with Gasteiger partial charge in [-0.05, 0) is 48.7 Å². The number of aromatic nitrogens is 2. The second kappa shape index (κ2) is 11.6. The van der Waals surface area contributed by atoms with E-state index in [0.29, 0.717) is 32.7 Å². The molecule has 0 spiro atoms. The van der Waals surface area contributed by atoms with Crippen LogP contribution in [0.15, 0.2) is 54.9 Å². The minimum absolute atomic E-state index is 0.0675. The lowest BCUT2D eigenvalue weighted by molar-refractivity contribution is -0.384. The zero-order chi connectivity index (χ0) is 29.1. The van der Waals surface area contributed by atoms with E-state index >= 15 is 0 Å². The van der Waals surface area contributed by atoms with E-state index < -0.39 is 34.8 Å². The van der Waals surface area contributed by atoms with E-state index in [0.717, 1.165) is 17.8 Å². The van der Waals surface area contributed by atoms with Gasteiger partial charge in [-0.25, -0.2) is 14.8 Å². The Kier molecular flexibility index (Phi) is 7.92. The molecule has 0 unspecified atom stereocenters. The third-order valence-electron chi connectivity index (χ3n) is 7.10. The number of non-ortho nitro benzene ring substituents is 1. The summed E-state index contributed by atoms with van der Waals surface area (Å²) >= 11 is 0. The van der Waals surface area contributed by atoms with Gasteiger partial charge in [0.25, 0.3) is 5.69 Å². The summed E-state index contributed by atoms with van der Waals surface area (Å²) in [5.41, 5.74) is 0.281. The van der Waals surface area contributed by atoms with E-state index in [1.54, 1.807) is 12.4 Å². The second-order valence-electron chi connectivity index (χ2n) is 9.62. The Bertz CT molecular complexity index is 1400. The number of amides is 1. The molecule has 1 amide bonds. The molecule has 1 N–H and O–H groups in total. The first-order chi connectivity index (χ1) is 19.6. The predicted molar refractivity (Wildman–Crippen MR) is 143 cm³/mol. The number of anilines is 3. The average molecular weight is 573 g/mol. The maximum Gasteiger partial charge on any atom is 0.420 e. The summed E-state index contributed by atoms with van der Waals surface area (Å²) in [6.07, 6.45) is -1.36. The van der Waals surface area contributed by atoms with Crippen LogP contribution in [0.1, 0.15) is 36.9 Å². The first-order valence-corrected chi connectivity index (χ1v) is 13.0. The quantitative estimate of drug-likeness (QED) is 0.298. The molecule has 2 aliphatic rings. The zero-order valence-electron chi connectivity index (χ0n) is 22.0. The molecule has 11 nitrogen and oxygen atoms in total. The average Bonchev–Trinajstić information content (AvgIpc) is 2.97. The molecule has 5 rings (SSSR count). The van der Waals surface area contributed by atoms with Gasteiger partial charge in [-0.15, -0.1) is 0 Å². The number of nitro groups is 1. The number of hydrogen-bond donors (Lipinski definition) is 1. The van der Waals surface area contributed by atoms with Gasteiger partial charge in [-0.2, -0.15) is 13.2 Å². The molecule has 3 aromatic rings. The van der Waals surface area contributed by atoms with E-state index in [2.05, 4.69) is 20.2 Å². The van der Waals surface area contributed by atoms with Crippen LogP contribution >= 0.6 is 0 Å². The van der Waals surface area contributed by atoms with Crippen molar-refractivity contribution in [1.29, 1.82) is 0 Å². The van der Waals surface area contributed by atoms with Gasteiger partial charge in [-0.1, -0.05) is 6.92 Å². The zero-order valence-corrected chi connectivity index (χ0v) is 22.0. The SMILES string of the molecule is CC[C@@H]1C[C@H](Nc2ncc(N3CCOCC3)cn2)c2cc(C(F)(F)F)ccc2N1C(=O)Oc1ccc([N+](=O)[O-])cc1. The third kappa shape index (κ3) is 6.16. The molecule has 1 saturated heterocycles. The summed E-state index contributed by atoms with van der Waals surface area (Å²) in [6.45, 7) is 4.47. The Morgan fingerprint density at radius 3 is 2.44 bits per heavy atom. The van der Waals surface area contributed by atoms with Gasteiger partial charge in [0.05, 0.1) is 53.5 Å². The fraction of sp³-hybridized carbons (Fsp3) is 0.370. The maximum absolute atomic E-state index is 13.7. The standard InChI is InChI=1S/C27H27F3N6O5/c1-2-18-14-23(33-25-31-15-20(16-32-25)34-9-11-40-12-10-34)22-13-17(27(28,29)30)3-8-24(22)35(18)26(37)41-21-6-4-19(5-7-21)36(38)39/h3-8,13,15-16,18,23H,2,9-12,14H2,1H3,(H,31,32,33)/t18-,23+/m1/s1. The number of fused-ring (bicyclic) bond motifs is 1. The molecule has 2 aliphatic heterocycles. The summed E-state index contributed by atoms with van der Waals surface area (Å²) < 4.78 is 51.9. The van der Waals surface area contributed by atoms with Crippen molar-refractivity contribution < 1.29 is 32.4 Å². The van der Waals surface area contributed by atoms with E-state index in [1.165, 1.54) is 35.2 Å². The molecule has 14 heteroatoms. The minimum Gasteiger partial charge on any atom is -0.410 e. The molecule has 0 radical (unpaired) electrons. The minimum atomic E-state index is -4.60. The highest BCUT2D eigenvalue weighted by Gasteiger charge is 2.39. The van der Waals surface area contributed by atoms with Gasteiger partial charge < -0.3 is 19.7 Å². The van der Waals surface area contributed by atoms with Crippen molar-refractivity contribution in [1.82, 2.24) is 9.97 Å². The summed E-state index contributed by atoms with van der Waals surface area (Å²) in [4.78, 5) is 35.9. The molecular formula is C27H27F3N6O5. The lowest BCUT2D eigenvalue weighted by Gasteiger charge is -2.40. The Balaban J connectivity index is 1.43. The lowest BCUT2D eigenvalue weighted by atomic mass is 9.89.